The molecule has 1 rings (SSSR count). The van der Waals surface area contributed by atoms with Crippen LogP contribution in [0.3, 0.4) is 0 Å². The molecule has 0 saturated heterocycles. The zero-order valence-electron chi connectivity index (χ0n) is 18.5. The summed E-state index contributed by atoms with van der Waals surface area (Å²) in [6, 6.07) is 5.90. The molecule has 0 N–H and O–H groups in total. The van der Waals surface area contributed by atoms with Crippen LogP contribution < -0.4 is 5.30 Å². The maximum absolute atomic E-state index is 12.9. The van der Waals surface area contributed by atoms with Gasteiger partial charge in [-0.3, -0.25) is 0 Å². The number of alkyl halides is 3. The van der Waals surface area contributed by atoms with Crippen molar-refractivity contribution in [3.63, 3.8) is 0 Å². The molecule has 1 unspecified atom stereocenters. The largest absolute Gasteiger partial charge is 0.416 e. The average molecular weight is 420 g/mol. The third kappa shape index (κ3) is 7.66. The van der Waals surface area contributed by atoms with E-state index in [0.29, 0.717) is 10.3 Å². The highest BCUT2D eigenvalue weighted by Crippen LogP contribution is 2.60. The molecule has 1 atom stereocenters. The van der Waals surface area contributed by atoms with Gasteiger partial charge in [-0.25, -0.2) is 0 Å². The standard InChI is InChI=1S/C22H37F3P2/c1-19(2,3)26(18-13-11-17(12-14-18)22(23,24)25)15-10-16-27(20(4,5)6)21(7,8)9/h11-14H,10,15-16H2,1-9H3. The van der Waals surface area contributed by atoms with E-state index in [0.717, 1.165) is 17.9 Å². The Hall–Kier alpha value is -0.130. The summed E-state index contributed by atoms with van der Waals surface area (Å²) in [6.07, 6.45) is -0.824. The molecule has 1 aromatic rings. The molecule has 0 aliphatic carbocycles. The molecule has 0 radical (unpaired) electrons. The topological polar surface area (TPSA) is 0 Å². The molecule has 0 amide bonds. The summed E-state index contributed by atoms with van der Waals surface area (Å²) in [5.41, 5.74) is -0.556. The van der Waals surface area contributed by atoms with Gasteiger partial charge in [0.05, 0.1) is 5.56 Å². The second kappa shape index (κ2) is 8.71. The van der Waals surface area contributed by atoms with Crippen LogP contribution in [-0.4, -0.2) is 27.8 Å². The summed E-state index contributed by atoms with van der Waals surface area (Å²) >= 11 is 0. The molecule has 1 aromatic carbocycles. The van der Waals surface area contributed by atoms with Crippen molar-refractivity contribution in [3.05, 3.63) is 29.8 Å². The first kappa shape index (κ1) is 24.9. The Balaban J connectivity index is 2.94. The molecule has 0 heterocycles. The van der Waals surface area contributed by atoms with Crippen molar-refractivity contribution in [2.24, 2.45) is 0 Å². The lowest BCUT2D eigenvalue weighted by Gasteiger charge is -2.42. The maximum atomic E-state index is 12.9. The number of benzene rings is 1. The minimum absolute atomic E-state index is 0.0846. The summed E-state index contributed by atoms with van der Waals surface area (Å²) < 4.78 is 38.6. The van der Waals surface area contributed by atoms with Crippen molar-refractivity contribution in [1.29, 1.82) is 0 Å². The highest BCUT2D eigenvalue weighted by atomic mass is 31.1. The van der Waals surface area contributed by atoms with Crippen LogP contribution in [0.2, 0.25) is 0 Å². The second-order valence-electron chi connectivity index (χ2n) is 10.2. The van der Waals surface area contributed by atoms with Gasteiger partial charge in [0, 0.05) is 0 Å². The van der Waals surface area contributed by atoms with E-state index in [1.165, 1.54) is 18.3 Å². The van der Waals surface area contributed by atoms with Crippen LogP contribution in [0, 0.1) is 0 Å². The van der Waals surface area contributed by atoms with Crippen LogP contribution in [0.4, 0.5) is 13.2 Å². The van der Waals surface area contributed by atoms with Gasteiger partial charge in [-0.15, -0.1) is 0 Å². The van der Waals surface area contributed by atoms with Gasteiger partial charge in [0.15, 0.2) is 0 Å². The lowest BCUT2D eigenvalue weighted by atomic mass is 10.2. The lowest BCUT2D eigenvalue weighted by Crippen LogP contribution is -2.27. The van der Waals surface area contributed by atoms with E-state index in [2.05, 4.69) is 62.3 Å². The van der Waals surface area contributed by atoms with Crippen LogP contribution in [0.15, 0.2) is 24.3 Å². The third-order valence-electron chi connectivity index (χ3n) is 4.70. The van der Waals surface area contributed by atoms with Crippen molar-refractivity contribution < 1.29 is 13.2 Å². The first-order valence-corrected chi connectivity index (χ1v) is 12.7. The van der Waals surface area contributed by atoms with Crippen LogP contribution in [0.5, 0.6) is 0 Å². The van der Waals surface area contributed by atoms with Crippen molar-refractivity contribution in [1.82, 2.24) is 0 Å². The molecule has 0 fully saturated rings. The van der Waals surface area contributed by atoms with Crippen molar-refractivity contribution in [2.45, 2.75) is 90.4 Å². The van der Waals surface area contributed by atoms with Crippen LogP contribution in [-0.2, 0) is 6.18 Å². The quantitative estimate of drug-likeness (QED) is 0.422. The number of hydrogen-bond acceptors (Lipinski definition) is 0. The third-order valence-corrected chi connectivity index (χ3v) is 12.0. The number of rotatable bonds is 5. The van der Waals surface area contributed by atoms with Gasteiger partial charge in [-0.2, -0.15) is 13.2 Å². The lowest BCUT2D eigenvalue weighted by molar-refractivity contribution is -0.137. The first-order chi connectivity index (χ1) is 11.9. The van der Waals surface area contributed by atoms with E-state index in [1.807, 2.05) is 0 Å². The molecular weight excluding hydrogens is 383 g/mol. The van der Waals surface area contributed by atoms with Crippen LogP contribution in [0.25, 0.3) is 0 Å². The molecular formula is C22H37F3P2. The molecule has 0 aliphatic rings. The Kier molecular flexibility index (Phi) is 8.03. The highest BCUT2D eigenvalue weighted by molar-refractivity contribution is 7.67. The Morgan fingerprint density at radius 1 is 0.667 bits per heavy atom. The second-order valence-corrected chi connectivity index (χ2v) is 17.4. The summed E-state index contributed by atoms with van der Waals surface area (Å²) in [4.78, 5) is 0. The molecule has 0 aliphatic heterocycles. The fourth-order valence-corrected chi connectivity index (χ4v) is 10.5. The highest BCUT2D eigenvalue weighted by Gasteiger charge is 2.35. The smallest absolute Gasteiger partial charge is 0.166 e. The molecule has 156 valence electrons. The molecule has 27 heavy (non-hydrogen) atoms. The zero-order chi connectivity index (χ0) is 21.3. The van der Waals surface area contributed by atoms with Gasteiger partial charge in [-0.05, 0) is 51.7 Å². The SMILES string of the molecule is CC(C)(C)P(CCCP(C(C)(C)C)C(C)(C)C)c1ccc(C(F)(F)F)cc1. The number of hydrogen-bond donors (Lipinski definition) is 0. The summed E-state index contributed by atoms with van der Waals surface area (Å²) in [6.45, 7) is 20.7. The van der Waals surface area contributed by atoms with E-state index in [1.54, 1.807) is 12.1 Å². The van der Waals surface area contributed by atoms with Crippen LogP contribution >= 0.6 is 15.8 Å². The maximum Gasteiger partial charge on any atom is 0.416 e. The molecule has 0 saturated carbocycles. The number of halogens is 3. The van der Waals surface area contributed by atoms with Crippen molar-refractivity contribution in [3.8, 4) is 0 Å². The van der Waals surface area contributed by atoms with Crippen LogP contribution in [0.1, 0.15) is 74.3 Å². The Bertz CT molecular complexity index is 570. The molecule has 0 aromatic heterocycles. The average Bonchev–Trinajstić information content (AvgIpc) is 2.42. The first-order valence-electron chi connectivity index (χ1n) is 9.67. The summed E-state index contributed by atoms with van der Waals surface area (Å²) in [7, 11) is -0.642. The molecule has 0 spiro atoms. The van der Waals surface area contributed by atoms with Gasteiger partial charge in [0.25, 0.3) is 0 Å². The van der Waals surface area contributed by atoms with E-state index < -0.39 is 19.7 Å². The normalized spacial score (nSPS) is 15.3. The van der Waals surface area contributed by atoms with Gasteiger partial charge < -0.3 is 0 Å². The van der Waals surface area contributed by atoms with Crippen molar-refractivity contribution >= 4 is 21.1 Å². The van der Waals surface area contributed by atoms with Gasteiger partial charge in [0.1, 0.15) is 0 Å². The van der Waals surface area contributed by atoms with Gasteiger partial charge in [-0.1, -0.05) is 90.3 Å². The zero-order valence-corrected chi connectivity index (χ0v) is 20.2. The minimum Gasteiger partial charge on any atom is -0.166 e. The predicted molar refractivity (Wildman–Crippen MR) is 119 cm³/mol. The summed E-state index contributed by atoms with van der Waals surface area (Å²) in [5.74, 6) is 0. The summed E-state index contributed by atoms with van der Waals surface area (Å²) in [5, 5.41) is 1.79. The fourth-order valence-electron chi connectivity index (χ4n) is 3.75. The van der Waals surface area contributed by atoms with E-state index in [9.17, 15) is 13.2 Å². The Morgan fingerprint density at radius 2 is 1.11 bits per heavy atom. The predicted octanol–water partition coefficient (Wildman–Crippen LogP) is 8.08. The minimum atomic E-state index is -4.27. The van der Waals surface area contributed by atoms with E-state index in [4.69, 9.17) is 0 Å². The fraction of sp³-hybridized carbons (Fsp3) is 0.727. The molecule has 5 heteroatoms. The van der Waals surface area contributed by atoms with Crippen molar-refractivity contribution in [2.75, 3.05) is 12.3 Å². The van der Waals surface area contributed by atoms with E-state index in [-0.39, 0.29) is 13.1 Å². The monoisotopic (exact) mass is 420 g/mol. The Labute approximate surface area is 167 Å². The van der Waals surface area contributed by atoms with E-state index >= 15 is 0 Å². The van der Waals surface area contributed by atoms with Gasteiger partial charge >= 0.3 is 6.18 Å². The van der Waals surface area contributed by atoms with Gasteiger partial charge in [0.2, 0.25) is 0 Å². The molecule has 0 nitrogen and oxygen atoms in total. The Morgan fingerprint density at radius 3 is 1.44 bits per heavy atom. The molecule has 0 bridgehead atoms.